The molecule has 1 unspecified atom stereocenters. The smallest absolute Gasteiger partial charge is 0.411 e. The van der Waals surface area contributed by atoms with E-state index in [-0.39, 0.29) is 36.1 Å². The second-order valence-corrected chi connectivity index (χ2v) is 21.8. The first-order valence-corrected chi connectivity index (χ1v) is 22.3. The van der Waals surface area contributed by atoms with Crippen molar-refractivity contribution in [2.75, 3.05) is 20.3 Å². The highest BCUT2D eigenvalue weighted by Crippen LogP contribution is 2.45. The number of cyclic esters (lactones) is 1. The minimum Gasteiger partial charge on any atom is -0.457 e. The maximum atomic E-state index is 14.6. The molecule has 2 saturated heterocycles. The quantitative estimate of drug-likeness (QED) is 0.0999. The lowest BCUT2D eigenvalue weighted by Crippen LogP contribution is -2.63. The number of aryl methyl sites for hydroxylation is 1. The highest BCUT2D eigenvalue weighted by molar-refractivity contribution is 6.74. The van der Waals surface area contributed by atoms with Crippen LogP contribution in [0.4, 0.5) is 4.79 Å². The first kappa shape index (κ1) is 43.3. The molecular weight excluding hydrogens is 705 g/mol. The zero-order valence-corrected chi connectivity index (χ0v) is 35.4. The number of ether oxygens (including phenoxy) is 3. The van der Waals surface area contributed by atoms with Gasteiger partial charge in [0.25, 0.3) is 0 Å². The number of pyridine rings is 1. The van der Waals surface area contributed by atoms with Gasteiger partial charge in [0.1, 0.15) is 23.6 Å². The number of ketones is 2. The SMILES string of the molecule is CC[C@H]1OC(=O)[C@H](C)C(=O)[C@H](C)[C][C@@](C)(OC)C[C@@H](C)C(=O)[C@H](C)C2N(CCCCn3cnc(-c4cccnc4)c3)C(=O)O[C@@]21CO[Si](C)(C)C(C)(C)C. The normalized spacial score (nSPS) is 30.5. The molecule has 4 heterocycles. The Morgan fingerprint density at radius 3 is 2.35 bits per heavy atom. The lowest BCUT2D eigenvalue weighted by Gasteiger charge is -2.45. The van der Waals surface area contributed by atoms with Crippen molar-refractivity contribution in [3.05, 3.63) is 43.5 Å². The van der Waals surface area contributed by atoms with Crippen LogP contribution in [0, 0.1) is 30.1 Å². The van der Waals surface area contributed by atoms with Gasteiger partial charge >= 0.3 is 12.1 Å². The Balaban J connectivity index is 1.74. The molecule has 0 bridgehead atoms. The Hall–Kier alpha value is -3.42. The molecule has 8 atom stereocenters. The Labute approximate surface area is 323 Å². The van der Waals surface area contributed by atoms with Crippen LogP contribution in [0.15, 0.2) is 37.1 Å². The van der Waals surface area contributed by atoms with E-state index < -0.39 is 67.4 Å². The number of Topliss-reactive ketones (excluding diaryl/α,β-unsaturated/α-hetero) is 2. The summed E-state index contributed by atoms with van der Waals surface area (Å²) >= 11 is 0. The van der Waals surface area contributed by atoms with Crippen LogP contribution in [-0.4, -0.2) is 95.0 Å². The van der Waals surface area contributed by atoms with Gasteiger partial charge in [0.05, 0.1) is 30.3 Å². The molecule has 2 aromatic rings. The van der Waals surface area contributed by atoms with Crippen molar-refractivity contribution >= 4 is 31.9 Å². The Morgan fingerprint density at radius 2 is 1.74 bits per heavy atom. The highest BCUT2D eigenvalue weighted by atomic mass is 28.4. The monoisotopic (exact) mass is 766 g/mol. The number of carbonyl (C=O) groups is 4. The summed E-state index contributed by atoms with van der Waals surface area (Å²) in [4.78, 5) is 66.7. The molecule has 0 N–H and O–H groups in total. The zero-order valence-electron chi connectivity index (χ0n) is 34.4. The predicted molar refractivity (Wildman–Crippen MR) is 208 cm³/mol. The summed E-state index contributed by atoms with van der Waals surface area (Å²) in [6.07, 6.45) is 10.7. The van der Waals surface area contributed by atoms with Crippen molar-refractivity contribution in [2.24, 2.45) is 23.7 Å². The zero-order chi connectivity index (χ0) is 40.2. The van der Waals surface area contributed by atoms with Gasteiger partial charge in [-0.25, -0.2) is 9.78 Å². The van der Waals surface area contributed by atoms with Crippen LogP contribution in [0.5, 0.6) is 0 Å². The van der Waals surface area contributed by atoms with Crippen molar-refractivity contribution < 1.29 is 37.8 Å². The van der Waals surface area contributed by atoms with Crippen LogP contribution in [0.1, 0.15) is 88.0 Å². The number of amides is 1. The Morgan fingerprint density at radius 1 is 1.06 bits per heavy atom. The second kappa shape index (κ2) is 17.2. The van der Waals surface area contributed by atoms with E-state index in [4.69, 9.17) is 18.6 Å². The van der Waals surface area contributed by atoms with Gasteiger partial charge in [-0.15, -0.1) is 0 Å². The largest absolute Gasteiger partial charge is 0.457 e. The fourth-order valence-electron chi connectivity index (χ4n) is 7.56. The summed E-state index contributed by atoms with van der Waals surface area (Å²) < 4.78 is 27.4. The molecule has 0 aromatic carbocycles. The molecule has 1 amide bonds. The van der Waals surface area contributed by atoms with E-state index >= 15 is 0 Å². The number of aromatic nitrogens is 3. The van der Waals surface area contributed by atoms with E-state index in [1.165, 1.54) is 14.0 Å². The Kier molecular flexibility index (Phi) is 13.8. The van der Waals surface area contributed by atoms with Gasteiger partial charge in [-0.1, -0.05) is 48.5 Å². The van der Waals surface area contributed by atoms with E-state index in [1.807, 2.05) is 43.7 Å². The molecule has 2 aliphatic heterocycles. The summed E-state index contributed by atoms with van der Waals surface area (Å²) in [5, 5.41) is -0.184. The molecule has 298 valence electrons. The molecule has 2 radical (unpaired) electrons. The molecule has 4 rings (SSSR count). The van der Waals surface area contributed by atoms with Crippen molar-refractivity contribution in [3.8, 4) is 11.3 Å². The van der Waals surface area contributed by atoms with Crippen molar-refractivity contribution in [1.82, 2.24) is 19.4 Å². The van der Waals surface area contributed by atoms with E-state index in [9.17, 15) is 19.2 Å². The summed E-state index contributed by atoms with van der Waals surface area (Å²) in [5.41, 5.74) is -0.840. The molecule has 0 aliphatic carbocycles. The molecule has 0 spiro atoms. The van der Waals surface area contributed by atoms with Crippen LogP contribution in [-0.2, 0) is 39.6 Å². The van der Waals surface area contributed by atoms with Gasteiger partial charge in [-0.3, -0.25) is 19.4 Å². The van der Waals surface area contributed by atoms with Gasteiger partial charge in [0.15, 0.2) is 13.9 Å². The molecular formula is C41H62N4O8Si. The number of imidazole rings is 1. The third-order valence-electron chi connectivity index (χ3n) is 11.9. The molecule has 0 saturated carbocycles. The number of hydrogen-bond donors (Lipinski definition) is 0. The third kappa shape index (κ3) is 9.33. The van der Waals surface area contributed by atoms with Crippen molar-refractivity contribution in [1.29, 1.82) is 0 Å². The van der Waals surface area contributed by atoms with E-state index in [2.05, 4.69) is 50.3 Å². The highest BCUT2D eigenvalue weighted by Gasteiger charge is 2.63. The van der Waals surface area contributed by atoms with Crippen LogP contribution >= 0.6 is 0 Å². The number of unbranched alkanes of at least 4 members (excludes halogenated alkanes) is 1. The first-order valence-electron chi connectivity index (χ1n) is 19.4. The number of fused-ring (bicyclic) bond motifs is 1. The molecule has 54 heavy (non-hydrogen) atoms. The average Bonchev–Trinajstić information content (AvgIpc) is 3.71. The van der Waals surface area contributed by atoms with Crippen LogP contribution in [0.2, 0.25) is 18.1 Å². The molecule has 2 aliphatic rings. The molecule has 13 heteroatoms. The summed E-state index contributed by atoms with van der Waals surface area (Å²) in [6, 6.07) is 3.00. The van der Waals surface area contributed by atoms with Gasteiger partial charge < -0.3 is 28.1 Å². The minimum atomic E-state index is -2.47. The Bertz CT molecular complexity index is 1630. The fourth-order valence-corrected chi connectivity index (χ4v) is 8.58. The second-order valence-electron chi connectivity index (χ2n) is 17.0. The number of rotatable bonds is 11. The van der Waals surface area contributed by atoms with Crippen molar-refractivity contribution in [2.45, 2.75) is 136 Å². The molecule has 12 nitrogen and oxygen atoms in total. The van der Waals surface area contributed by atoms with Gasteiger partial charge in [-0.2, -0.15) is 0 Å². The number of methoxy groups -OCH3 is 1. The maximum absolute atomic E-state index is 14.6. The molecule has 2 aromatic heterocycles. The summed E-state index contributed by atoms with van der Waals surface area (Å²) in [5.74, 6) is -4.36. The first-order chi connectivity index (χ1) is 25.2. The predicted octanol–water partition coefficient (Wildman–Crippen LogP) is 7.20. The maximum Gasteiger partial charge on any atom is 0.411 e. The molecule has 2 fully saturated rings. The number of carbonyl (C=O) groups excluding carboxylic acids is 4. The lowest BCUT2D eigenvalue weighted by atomic mass is 9.73. The van der Waals surface area contributed by atoms with Crippen LogP contribution in [0.3, 0.4) is 0 Å². The summed E-state index contributed by atoms with van der Waals surface area (Å²) in [7, 11) is -0.947. The standard InChI is InChI=1S/C41H62N4O8Si/c1-13-33-41(25-51-54(11,12)39(6,7)8)36(29(4)34(46)27(2)21-40(9,50-10)22-28(3)35(47)30(5)37(48)52-33)45(38(49)53-41)20-15-14-19-44-24-32(43-26-44)31-17-16-18-42-23-31/h16-18,23-24,26-30,33,36H,13-15,19-21,25H2,1-12H3/t27-,28-,29+,30-,33-,36?,40+,41-/m1/s1. The fraction of sp³-hybridized carbons (Fsp3) is 0.683. The minimum absolute atomic E-state index is 0.0730. The van der Waals surface area contributed by atoms with Crippen molar-refractivity contribution in [3.63, 3.8) is 0 Å². The number of nitrogens with zero attached hydrogens (tertiary/aromatic N) is 4. The summed E-state index contributed by atoms with van der Waals surface area (Å²) in [6.45, 7) is 22.0. The van der Waals surface area contributed by atoms with E-state index in [0.29, 0.717) is 25.9 Å². The number of esters is 1. The van der Waals surface area contributed by atoms with Gasteiger partial charge in [0.2, 0.25) is 0 Å². The van der Waals surface area contributed by atoms with Crippen LogP contribution < -0.4 is 0 Å². The van der Waals surface area contributed by atoms with E-state index in [0.717, 1.165) is 11.3 Å². The van der Waals surface area contributed by atoms with Crippen LogP contribution in [0.25, 0.3) is 11.3 Å². The topological polar surface area (TPSA) is 139 Å². The van der Waals surface area contributed by atoms with Gasteiger partial charge in [-0.05, 0) is 69.8 Å². The third-order valence-corrected chi connectivity index (χ3v) is 16.4. The van der Waals surface area contributed by atoms with E-state index in [1.54, 1.807) is 37.5 Å². The lowest BCUT2D eigenvalue weighted by molar-refractivity contribution is -0.177. The average molecular weight is 767 g/mol. The van der Waals surface area contributed by atoms with Gasteiger partial charge in [0, 0.05) is 68.5 Å². The number of hydrogen-bond acceptors (Lipinski definition) is 10.